The lowest BCUT2D eigenvalue weighted by atomic mass is 9.49. The molecule has 11 nitrogen and oxygen atoms in total. The van der Waals surface area contributed by atoms with Crippen molar-refractivity contribution in [3.8, 4) is 5.75 Å². The zero-order chi connectivity index (χ0) is 40.7. The van der Waals surface area contributed by atoms with Crippen molar-refractivity contribution in [2.75, 3.05) is 41.5 Å². The largest absolute Gasteiger partial charge is 0.508 e. The van der Waals surface area contributed by atoms with Gasteiger partial charge in [-0.15, -0.1) is 0 Å². The molecule has 4 fully saturated rings. The topological polar surface area (TPSA) is 132 Å². The van der Waals surface area contributed by atoms with Gasteiger partial charge in [0.2, 0.25) is 11.8 Å². The molecule has 1 aromatic heterocycles. The normalized spacial score (nSPS) is 27.0. The van der Waals surface area contributed by atoms with Crippen LogP contribution in [0.5, 0.6) is 5.75 Å². The number of amides is 4. The molecule has 298 valence electrons. The van der Waals surface area contributed by atoms with Gasteiger partial charge in [0.05, 0.1) is 52.7 Å². The number of alkyl halides is 3. The number of aromatic hydroxyl groups is 1. The molecule has 58 heavy (non-hydrogen) atoms. The number of benzene rings is 3. The Morgan fingerprint density at radius 1 is 0.862 bits per heavy atom. The Morgan fingerprint density at radius 3 is 2.24 bits per heavy atom. The second-order valence-electron chi connectivity index (χ2n) is 15.1. The van der Waals surface area contributed by atoms with Gasteiger partial charge in [0.15, 0.2) is 5.82 Å². The highest BCUT2D eigenvalue weighted by Crippen LogP contribution is 2.64. The van der Waals surface area contributed by atoms with Gasteiger partial charge in [-0.05, 0) is 84.5 Å². The van der Waals surface area contributed by atoms with Gasteiger partial charge in [-0.2, -0.15) is 18.2 Å². The van der Waals surface area contributed by atoms with E-state index in [1.807, 2.05) is 18.2 Å². The number of halogens is 5. The van der Waals surface area contributed by atoms with E-state index in [2.05, 4.69) is 15.3 Å². The summed E-state index contributed by atoms with van der Waals surface area (Å²) in [5.74, 6) is -7.23. The Labute approximate surface area is 339 Å². The van der Waals surface area contributed by atoms with Gasteiger partial charge in [0, 0.05) is 35.9 Å². The number of phenolic OH excluding ortho intramolecular Hbond substituents is 1. The van der Waals surface area contributed by atoms with E-state index in [9.17, 15) is 32.7 Å². The average Bonchev–Trinajstić information content (AvgIpc) is 3.59. The SMILES string of the molecule is O=C1C2CC3C(=CCC4C(=O)N(c5ccc(N6CCOCC6)cc5)C(=O)C43)C(c3cccc(O)c3)C2(c2ccc(Cl)cc2)C(=O)N1Nc1ncc(C(F)(F)F)cc1Cl. The maximum atomic E-state index is 15.3. The van der Waals surface area contributed by atoms with E-state index in [1.54, 1.807) is 48.5 Å². The Balaban J connectivity index is 1.15. The van der Waals surface area contributed by atoms with Crippen molar-refractivity contribution >= 4 is 64.0 Å². The molecule has 3 aromatic carbocycles. The summed E-state index contributed by atoms with van der Waals surface area (Å²) in [6.45, 7) is 2.61. The number of phenols is 1. The van der Waals surface area contributed by atoms with Crippen molar-refractivity contribution in [3.63, 3.8) is 0 Å². The van der Waals surface area contributed by atoms with Crippen LogP contribution in [0.1, 0.15) is 35.4 Å². The number of nitrogens with zero attached hydrogens (tertiary/aromatic N) is 4. The van der Waals surface area contributed by atoms with E-state index in [0.29, 0.717) is 66.0 Å². The van der Waals surface area contributed by atoms with Gasteiger partial charge in [-0.25, -0.2) is 4.98 Å². The number of hydrogen-bond donors (Lipinski definition) is 2. The molecule has 2 aliphatic carbocycles. The summed E-state index contributed by atoms with van der Waals surface area (Å²) < 4.78 is 46.0. The minimum Gasteiger partial charge on any atom is -0.508 e. The highest BCUT2D eigenvalue weighted by molar-refractivity contribution is 6.33. The number of imide groups is 2. The molecule has 4 aromatic rings. The maximum Gasteiger partial charge on any atom is 0.417 e. The van der Waals surface area contributed by atoms with Crippen molar-refractivity contribution in [1.82, 2.24) is 9.99 Å². The molecule has 3 saturated heterocycles. The van der Waals surface area contributed by atoms with Gasteiger partial charge < -0.3 is 14.7 Å². The van der Waals surface area contributed by atoms with Crippen molar-refractivity contribution in [2.24, 2.45) is 23.7 Å². The smallest absolute Gasteiger partial charge is 0.417 e. The third kappa shape index (κ3) is 5.94. The number of carbonyl (C=O) groups excluding carboxylic acids is 4. The number of hydrogen-bond acceptors (Lipinski definition) is 9. The molecule has 4 heterocycles. The van der Waals surface area contributed by atoms with Gasteiger partial charge in [-0.1, -0.05) is 59.1 Å². The summed E-state index contributed by atoms with van der Waals surface area (Å²) in [5, 5.41) is 11.4. The molecule has 5 aliphatic rings. The lowest BCUT2D eigenvalue weighted by Crippen LogP contribution is -2.53. The number of carbonyl (C=O) groups is 4. The van der Waals surface area contributed by atoms with Crippen LogP contribution in [0.2, 0.25) is 10.0 Å². The van der Waals surface area contributed by atoms with Crippen LogP contribution in [0.3, 0.4) is 0 Å². The quantitative estimate of drug-likeness (QED) is 0.154. The molecule has 16 heteroatoms. The second kappa shape index (κ2) is 14.1. The number of nitrogens with one attached hydrogen (secondary N) is 1. The highest BCUT2D eigenvalue weighted by atomic mass is 35.5. The van der Waals surface area contributed by atoms with Crippen molar-refractivity contribution in [1.29, 1.82) is 0 Å². The number of rotatable bonds is 6. The Morgan fingerprint density at radius 2 is 1.57 bits per heavy atom. The first kappa shape index (κ1) is 38.1. The Bertz CT molecular complexity index is 2390. The molecule has 9 rings (SSSR count). The van der Waals surface area contributed by atoms with Crippen LogP contribution >= 0.6 is 23.2 Å². The van der Waals surface area contributed by atoms with E-state index in [0.717, 1.165) is 10.7 Å². The standard InChI is InChI=1S/C42H34Cl2F3N5O6/c43-25-6-4-23(5-7-25)41-32(38(55)52(40(41)57)49-36-33(44)19-24(21-48-36)42(45,46)47)20-31-29(35(41)22-2-1-3-28(53)18-22)12-13-30-34(31)39(56)51(37(30)54)27-10-8-26(9-11-27)50-14-16-58-17-15-50/h1-12,18-19,21,30-32,34-35,53H,13-17,20H2,(H,48,49). The summed E-state index contributed by atoms with van der Waals surface area (Å²) in [4.78, 5) is 66.3. The third-order valence-electron chi connectivity index (χ3n) is 12.2. The summed E-state index contributed by atoms with van der Waals surface area (Å²) in [5.41, 5.74) is 2.65. The zero-order valence-corrected chi connectivity index (χ0v) is 32.0. The van der Waals surface area contributed by atoms with Crippen molar-refractivity contribution in [3.05, 3.63) is 123 Å². The summed E-state index contributed by atoms with van der Waals surface area (Å²) in [6.07, 6.45) is -2.19. The predicted molar refractivity (Wildman–Crippen MR) is 207 cm³/mol. The Kier molecular flexibility index (Phi) is 9.29. The van der Waals surface area contributed by atoms with E-state index < -0.39 is 69.5 Å². The average molecular weight is 833 g/mol. The lowest BCUT2D eigenvalue weighted by Gasteiger charge is -2.50. The molecule has 4 amide bonds. The molecular weight excluding hydrogens is 798 g/mol. The minimum absolute atomic E-state index is 0.0370. The van der Waals surface area contributed by atoms with Gasteiger partial charge in [0.25, 0.3) is 11.8 Å². The van der Waals surface area contributed by atoms with Gasteiger partial charge in [0.1, 0.15) is 5.75 Å². The predicted octanol–water partition coefficient (Wildman–Crippen LogP) is 7.14. The summed E-state index contributed by atoms with van der Waals surface area (Å²) in [6, 6.07) is 20.6. The lowest BCUT2D eigenvalue weighted by molar-refractivity contribution is -0.139. The molecule has 6 unspecified atom stereocenters. The number of morpholine rings is 1. The summed E-state index contributed by atoms with van der Waals surface area (Å²) >= 11 is 12.6. The van der Waals surface area contributed by atoms with Crippen LogP contribution in [-0.2, 0) is 35.5 Å². The summed E-state index contributed by atoms with van der Waals surface area (Å²) in [7, 11) is 0. The van der Waals surface area contributed by atoms with Gasteiger partial charge in [-0.3, -0.25) is 29.5 Å². The molecule has 0 radical (unpaired) electrons. The number of aromatic nitrogens is 1. The van der Waals surface area contributed by atoms with Gasteiger partial charge >= 0.3 is 6.18 Å². The fourth-order valence-corrected chi connectivity index (χ4v) is 10.1. The first-order valence-electron chi connectivity index (χ1n) is 18.7. The first-order valence-corrected chi connectivity index (χ1v) is 19.5. The van der Waals surface area contributed by atoms with E-state index in [4.69, 9.17) is 27.9 Å². The van der Waals surface area contributed by atoms with Crippen LogP contribution < -0.4 is 15.2 Å². The molecule has 6 atom stereocenters. The third-order valence-corrected chi connectivity index (χ3v) is 12.8. The molecular formula is C42H34Cl2F3N5O6. The number of anilines is 3. The molecule has 3 aliphatic heterocycles. The van der Waals surface area contributed by atoms with Crippen LogP contribution in [0.15, 0.2) is 96.7 Å². The Hall–Kier alpha value is -5.44. The van der Waals surface area contributed by atoms with Crippen molar-refractivity contribution in [2.45, 2.75) is 30.4 Å². The molecule has 0 spiro atoms. The molecule has 2 N–H and O–H groups in total. The minimum atomic E-state index is -4.75. The van der Waals surface area contributed by atoms with E-state index >= 15 is 4.79 Å². The monoisotopic (exact) mass is 831 g/mol. The highest BCUT2D eigenvalue weighted by Gasteiger charge is 2.70. The maximum absolute atomic E-state index is 15.3. The molecule has 0 bridgehead atoms. The number of hydrazine groups is 1. The van der Waals surface area contributed by atoms with Crippen LogP contribution in [0.25, 0.3) is 0 Å². The number of fused-ring (bicyclic) bond motifs is 4. The zero-order valence-electron chi connectivity index (χ0n) is 30.5. The fraction of sp³-hybridized carbons (Fsp3) is 0.310. The number of ether oxygens (including phenoxy) is 1. The number of pyridine rings is 1. The molecule has 1 saturated carbocycles. The first-order chi connectivity index (χ1) is 27.8. The van der Waals surface area contributed by atoms with E-state index in [-0.39, 0.29) is 30.3 Å². The second-order valence-corrected chi connectivity index (χ2v) is 16.0. The number of allylic oxidation sites excluding steroid dienone is 2. The van der Waals surface area contributed by atoms with Crippen molar-refractivity contribution < 1.29 is 42.2 Å². The van der Waals surface area contributed by atoms with Crippen LogP contribution in [0, 0.1) is 23.7 Å². The van der Waals surface area contributed by atoms with E-state index in [1.165, 1.54) is 17.0 Å². The van der Waals surface area contributed by atoms with Crippen LogP contribution in [0.4, 0.5) is 30.4 Å². The van der Waals surface area contributed by atoms with Crippen LogP contribution in [-0.4, -0.2) is 65.0 Å². The fourth-order valence-electron chi connectivity index (χ4n) is 9.75.